The Bertz CT molecular complexity index is 530. The molecule has 1 aromatic heterocycles. The number of carbonyl (C=O) groups is 2. The van der Waals surface area contributed by atoms with E-state index in [4.69, 9.17) is 11.6 Å². The predicted molar refractivity (Wildman–Crippen MR) is 90.3 cm³/mol. The molecule has 6 heteroatoms. The van der Waals surface area contributed by atoms with Gasteiger partial charge in [0.1, 0.15) is 0 Å². The molecule has 1 aromatic rings. The van der Waals surface area contributed by atoms with E-state index in [1.807, 2.05) is 21.9 Å². The van der Waals surface area contributed by atoms with Crippen molar-refractivity contribution in [1.29, 1.82) is 0 Å². The third kappa shape index (κ3) is 4.99. The van der Waals surface area contributed by atoms with Gasteiger partial charge in [0.05, 0.1) is 10.8 Å². The Labute approximate surface area is 141 Å². The fourth-order valence-corrected chi connectivity index (χ4v) is 3.68. The second-order valence-corrected chi connectivity index (χ2v) is 7.90. The highest BCUT2D eigenvalue weighted by molar-refractivity contribution is 7.16. The minimum Gasteiger partial charge on any atom is -0.341 e. The highest BCUT2D eigenvalue weighted by Crippen LogP contribution is 2.22. The Morgan fingerprint density at radius 1 is 1.14 bits per heavy atom. The monoisotopic (exact) mass is 342 g/mol. The van der Waals surface area contributed by atoms with Crippen LogP contribution in [0.1, 0.15) is 31.6 Å². The van der Waals surface area contributed by atoms with Gasteiger partial charge in [0.25, 0.3) is 0 Å². The van der Waals surface area contributed by atoms with Gasteiger partial charge in [0, 0.05) is 37.5 Å². The van der Waals surface area contributed by atoms with Gasteiger partial charge in [-0.15, -0.1) is 11.3 Å². The van der Waals surface area contributed by atoms with Gasteiger partial charge in [-0.1, -0.05) is 25.4 Å². The van der Waals surface area contributed by atoms with Crippen LogP contribution in [0.4, 0.5) is 0 Å². The van der Waals surface area contributed by atoms with Crippen molar-refractivity contribution in [3.05, 3.63) is 21.3 Å². The summed E-state index contributed by atoms with van der Waals surface area (Å²) >= 11 is 7.35. The maximum absolute atomic E-state index is 12.4. The molecule has 0 radical (unpaired) electrons. The summed E-state index contributed by atoms with van der Waals surface area (Å²) in [5, 5.41) is 0. The Morgan fingerprint density at radius 2 is 1.77 bits per heavy atom. The normalized spacial score (nSPS) is 16.0. The van der Waals surface area contributed by atoms with Crippen LogP contribution in [0.3, 0.4) is 0 Å². The number of amides is 2. The molecular formula is C16H23ClN2O2S. The molecule has 4 nitrogen and oxygen atoms in total. The van der Waals surface area contributed by atoms with Crippen molar-refractivity contribution >= 4 is 34.8 Å². The van der Waals surface area contributed by atoms with Gasteiger partial charge in [0.15, 0.2) is 0 Å². The molecule has 22 heavy (non-hydrogen) atoms. The second kappa shape index (κ2) is 7.97. The van der Waals surface area contributed by atoms with E-state index in [9.17, 15) is 9.59 Å². The lowest BCUT2D eigenvalue weighted by Gasteiger charge is -2.22. The number of nitrogens with zero attached hydrogens (tertiary/aromatic N) is 2. The number of hydrogen-bond acceptors (Lipinski definition) is 3. The third-order valence-corrected chi connectivity index (χ3v) is 4.97. The van der Waals surface area contributed by atoms with Crippen LogP contribution >= 0.6 is 22.9 Å². The van der Waals surface area contributed by atoms with Crippen molar-refractivity contribution in [3.8, 4) is 0 Å². The smallest absolute Gasteiger partial charge is 0.227 e. The van der Waals surface area contributed by atoms with E-state index in [0.29, 0.717) is 36.2 Å². The van der Waals surface area contributed by atoms with Crippen LogP contribution in [0.5, 0.6) is 0 Å². The maximum Gasteiger partial charge on any atom is 0.227 e. The summed E-state index contributed by atoms with van der Waals surface area (Å²) in [6.45, 7) is 6.85. The molecule has 0 bridgehead atoms. The average Bonchev–Trinajstić information content (AvgIpc) is 2.72. The minimum absolute atomic E-state index is 0.122. The molecule has 1 fully saturated rings. The summed E-state index contributed by atoms with van der Waals surface area (Å²) < 4.78 is 0.712. The van der Waals surface area contributed by atoms with E-state index in [0.717, 1.165) is 24.4 Å². The van der Waals surface area contributed by atoms with E-state index >= 15 is 0 Å². The number of thiophene rings is 1. The van der Waals surface area contributed by atoms with Crippen LogP contribution < -0.4 is 0 Å². The molecule has 0 spiro atoms. The molecule has 1 aliphatic rings. The Hall–Kier alpha value is -1.07. The molecule has 0 N–H and O–H groups in total. The van der Waals surface area contributed by atoms with Gasteiger partial charge >= 0.3 is 0 Å². The Kier molecular flexibility index (Phi) is 6.26. The van der Waals surface area contributed by atoms with Gasteiger partial charge in [-0.2, -0.15) is 0 Å². The van der Waals surface area contributed by atoms with E-state index in [-0.39, 0.29) is 11.8 Å². The zero-order valence-electron chi connectivity index (χ0n) is 13.2. The highest BCUT2D eigenvalue weighted by atomic mass is 35.5. The second-order valence-electron chi connectivity index (χ2n) is 6.10. The first-order chi connectivity index (χ1) is 10.5. The molecule has 2 heterocycles. The fourth-order valence-electron chi connectivity index (χ4n) is 2.60. The highest BCUT2D eigenvalue weighted by Gasteiger charge is 2.22. The first kappa shape index (κ1) is 17.3. The quantitative estimate of drug-likeness (QED) is 0.843. The molecule has 0 aromatic carbocycles. The Balaban J connectivity index is 1.86. The summed E-state index contributed by atoms with van der Waals surface area (Å²) in [5.74, 6) is 0.697. The van der Waals surface area contributed by atoms with Crippen LogP contribution in [0.25, 0.3) is 0 Å². The number of hydrogen-bond donors (Lipinski definition) is 0. The van der Waals surface area contributed by atoms with E-state index < -0.39 is 0 Å². The largest absolute Gasteiger partial charge is 0.341 e. The van der Waals surface area contributed by atoms with E-state index in [2.05, 4.69) is 13.8 Å². The minimum atomic E-state index is 0.122. The van der Waals surface area contributed by atoms with Gasteiger partial charge in [0.2, 0.25) is 11.8 Å². The molecule has 0 aliphatic carbocycles. The summed E-state index contributed by atoms with van der Waals surface area (Å²) in [4.78, 5) is 29.3. The molecular weight excluding hydrogens is 320 g/mol. The summed E-state index contributed by atoms with van der Waals surface area (Å²) in [5.41, 5.74) is 0. The number of halogens is 1. The Morgan fingerprint density at radius 3 is 2.32 bits per heavy atom. The van der Waals surface area contributed by atoms with Crippen LogP contribution in [-0.2, 0) is 16.0 Å². The van der Waals surface area contributed by atoms with Crippen molar-refractivity contribution in [2.24, 2.45) is 5.92 Å². The summed E-state index contributed by atoms with van der Waals surface area (Å²) in [6.07, 6.45) is 1.83. The number of rotatable bonds is 4. The molecule has 0 unspecified atom stereocenters. The van der Waals surface area contributed by atoms with Gasteiger partial charge in [-0.25, -0.2) is 0 Å². The topological polar surface area (TPSA) is 40.6 Å². The van der Waals surface area contributed by atoms with Crippen molar-refractivity contribution in [1.82, 2.24) is 9.80 Å². The summed E-state index contributed by atoms with van der Waals surface area (Å²) in [6, 6.07) is 3.73. The fraction of sp³-hybridized carbons (Fsp3) is 0.625. The molecule has 122 valence electrons. The van der Waals surface area contributed by atoms with Crippen LogP contribution in [0.2, 0.25) is 4.34 Å². The van der Waals surface area contributed by atoms with Crippen LogP contribution in [-0.4, -0.2) is 47.8 Å². The van der Waals surface area contributed by atoms with Gasteiger partial charge in [-0.3, -0.25) is 9.59 Å². The predicted octanol–water partition coefficient (Wildman–Crippen LogP) is 3.05. The van der Waals surface area contributed by atoms with Gasteiger partial charge in [-0.05, 0) is 24.5 Å². The lowest BCUT2D eigenvalue weighted by atomic mass is 10.1. The zero-order chi connectivity index (χ0) is 16.1. The first-order valence-electron chi connectivity index (χ1n) is 7.75. The first-order valence-corrected chi connectivity index (χ1v) is 8.95. The van der Waals surface area contributed by atoms with Crippen LogP contribution in [0, 0.1) is 5.92 Å². The molecule has 1 saturated heterocycles. The van der Waals surface area contributed by atoms with E-state index in [1.165, 1.54) is 11.3 Å². The zero-order valence-corrected chi connectivity index (χ0v) is 14.8. The maximum atomic E-state index is 12.4. The summed E-state index contributed by atoms with van der Waals surface area (Å²) in [7, 11) is 0. The lowest BCUT2D eigenvalue weighted by molar-refractivity contribution is -0.133. The van der Waals surface area contributed by atoms with Crippen molar-refractivity contribution in [2.45, 2.75) is 33.1 Å². The van der Waals surface area contributed by atoms with Gasteiger partial charge < -0.3 is 9.80 Å². The standard InChI is InChI=1S/C16H23ClN2O2S/c1-12(2)10-15(20)18-6-3-7-19(9-8-18)16(21)11-13-4-5-14(17)22-13/h4-5,12H,3,6-11H2,1-2H3. The average molecular weight is 343 g/mol. The molecule has 1 aliphatic heterocycles. The third-order valence-electron chi connectivity index (χ3n) is 3.74. The molecule has 2 rings (SSSR count). The van der Waals surface area contributed by atoms with Crippen molar-refractivity contribution in [3.63, 3.8) is 0 Å². The SMILES string of the molecule is CC(C)CC(=O)N1CCCN(C(=O)Cc2ccc(Cl)s2)CC1. The van der Waals surface area contributed by atoms with Crippen LogP contribution in [0.15, 0.2) is 12.1 Å². The van der Waals surface area contributed by atoms with E-state index in [1.54, 1.807) is 0 Å². The lowest BCUT2D eigenvalue weighted by Crippen LogP contribution is -2.38. The number of carbonyl (C=O) groups excluding carboxylic acids is 2. The van der Waals surface area contributed by atoms with Crippen molar-refractivity contribution in [2.75, 3.05) is 26.2 Å². The molecule has 0 atom stereocenters. The molecule has 0 saturated carbocycles. The van der Waals surface area contributed by atoms with Crippen molar-refractivity contribution < 1.29 is 9.59 Å². The molecule has 2 amide bonds.